The number of hydrogen-bond donors (Lipinski definition) is 0. The molecule has 120 valence electrons. The number of hydrogen-bond acceptors (Lipinski definition) is 4. The van der Waals surface area contributed by atoms with Crippen LogP contribution in [0.3, 0.4) is 0 Å². The molecule has 2 aromatic rings. The van der Waals surface area contributed by atoms with Gasteiger partial charge in [-0.2, -0.15) is 0 Å². The number of carbonyl (C=O) groups is 1. The van der Waals surface area contributed by atoms with Crippen molar-refractivity contribution in [2.75, 3.05) is 0 Å². The van der Waals surface area contributed by atoms with Crippen molar-refractivity contribution in [1.82, 2.24) is 0 Å². The minimum Gasteiger partial charge on any atom is -0.489 e. The Morgan fingerprint density at radius 3 is 2.39 bits per heavy atom. The SMILES string of the molecule is CC1(C)O[C@@H](C=O)[C@H](c2ccc(OCc3ccccc3)cc2)O1. The Morgan fingerprint density at radius 2 is 1.74 bits per heavy atom. The predicted molar refractivity (Wildman–Crippen MR) is 86.1 cm³/mol. The Hall–Kier alpha value is -2.17. The molecule has 1 saturated heterocycles. The molecular weight excluding hydrogens is 292 g/mol. The van der Waals surface area contributed by atoms with Gasteiger partial charge in [-0.05, 0) is 37.1 Å². The summed E-state index contributed by atoms with van der Waals surface area (Å²) in [5.74, 6) is 0.0251. The fraction of sp³-hybridized carbons (Fsp3) is 0.316. The molecule has 0 unspecified atom stereocenters. The fourth-order valence-corrected chi connectivity index (χ4v) is 2.64. The van der Waals surface area contributed by atoms with Crippen LogP contribution in [0, 0.1) is 0 Å². The maximum Gasteiger partial charge on any atom is 0.164 e. The molecule has 4 nitrogen and oxygen atoms in total. The first-order valence-corrected chi connectivity index (χ1v) is 7.65. The van der Waals surface area contributed by atoms with E-state index in [0.29, 0.717) is 6.61 Å². The maximum absolute atomic E-state index is 11.2. The minimum absolute atomic E-state index is 0.384. The molecule has 0 aliphatic carbocycles. The summed E-state index contributed by atoms with van der Waals surface area (Å²) in [6.45, 7) is 4.13. The highest BCUT2D eigenvalue weighted by Crippen LogP contribution is 2.37. The normalized spacial score (nSPS) is 22.7. The van der Waals surface area contributed by atoms with Gasteiger partial charge in [0.2, 0.25) is 0 Å². The van der Waals surface area contributed by atoms with Gasteiger partial charge in [-0.1, -0.05) is 42.5 Å². The zero-order valence-electron chi connectivity index (χ0n) is 13.3. The molecule has 0 amide bonds. The van der Waals surface area contributed by atoms with Gasteiger partial charge in [-0.3, -0.25) is 0 Å². The van der Waals surface area contributed by atoms with Crippen LogP contribution in [0.1, 0.15) is 31.1 Å². The number of rotatable bonds is 5. The zero-order chi connectivity index (χ0) is 16.3. The molecular formula is C19H20O4. The lowest BCUT2D eigenvalue weighted by molar-refractivity contribution is -0.150. The summed E-state index contributed by atoms with van der Waals surface area (Å²) in [5, 5.41) is 0. The molecule has 1 aliphatic rings. The van der Waals surface area contributed by atoms with Crippen molar-refractivity contribution in [3.63, 3.8) is 0 Å². The average molecular weight is 312 g/mol. The molecule has 0 bridgehead atoms. The topological polar surface area (TPSA) is 44.8 Å². The molecule has 1 fully saturated rings. The van der Waals surface area contributed by atoms with Gasteiger partial charge in [-0.25, -0.2) is 0 Å². The monoisotopic (exact) mass is 312 g/mol. The van der Waals surface area contributed by atoms with Crippen molar-refractivity contribution in [3.05, 3.63) is 65.7 Å². The highest BCUT2D eigenvalue weighted by molar-refractivity contribution is 5.58. The second kappa shape index (κ2) is 6.52. The third-order valence-electron chi connectivity index (χ3n) is 3.72. The second-order valence-corrected chi connectivity index (χ2v) is 6.00. The molecule has 2 atom stereocenters. The Kier molecular flexibility index (Phi) is 4.46. The van der Waals surface area contributed by atoms with Crippen LogP contribution < -0.4 is 4.74 Å². The first-order valence-electron chi connectivity index (χ1n) is 7.65. The lowest BCUT2D eigenvalue weighted by Gasteiger charge is -2.17. The van der Waals surface area contributed by atoms with E-state index in [9.17, 15) is 4.79 Å². The highest BCUT2D eigenvalue weighted by atomic mass is 16.8. The van der Waals surface area contributed by atoms with E-state index in [0.717, 1.165) is 23.2 Å². The largest absolute Gasteiger partial charge is 0.489 e. The third kappa shape index (κ3) is 3.78. The molecule has 0 N–H and O–H groups in total. The minimum atomic E-state index is -0.751. The predicted octanol–water partition coefficient (Wildman–Crippen LogP) is 3.66. The van der Waals surface area contributed by atoms with E-state index < -0.39 is 11.9 Å². The van der Waals surface area contributed by atoms with Crippen molar-refractivity contribution in [2.24, 2.45) is 0 Å². The first-order chi connectivity index (χ1) is 11.1. The molecule has 4 heteroatoms. The van der Waals surface area contributed by atoms with E-state index in [1.54, 1.807) is 13.8 Å². The lowest BCUT2D eigenvalue weighted by atomic mass is 10.1. The van der Waals surface area contributed by atoms with Crippen LogP contribution in [-0.2, 0) is 20.9 Å². The zero-order valence-corrected chi connectivity index (χ0v) is 13.3. The number of aldehydes is 1. The smallest absolute Gasteiger partial charge is 0.164 e. The summed E-state index contributed by atoms with van der Waals surface area (Å²) in [6, 6.07) is 17.6. The van der Waals surface area contributed by atoms with E-state index in [1.165, 1.54) is 0 Å². The van der Waals surface area contributed by atoms with Gasteiger partial charge in [0.15, 0.2) is 12.1 Å². The van der Waals surface area contributed by atoms with E-state index in [2.05, 4.69) is 0 Å². The van der Waals surface area contributed by atoms with Crippen molar-refractivity contribution < 1.29 is 19.0 Å². The summed E-state index contributed by atoms with van der Waals surface area (Å²) >= 11 is 0. The third-order valence-corrected chi connectivity index (χ3v) is 3.72. The Bertz CT molecular complexity index is 649. The quantitative estimate of drug-likeness (QED) is 0.790. The van der Waals surface area contributed by atoms with Gasteiger partial charge in [-0.15, -0.1) is 0 Å². The number of carbonyl (C=O) groups excluding carboxylic acids is 1. The summed E-state index contributed by atoms with van der Waals surface area (Å²) in [7, 11) is 0. The van der Waals surface area contributed by atoms with Gasteiger partial charge < -0.3 is 19.0 Å². The van der Waals surface area contributed by atoms with Gasteiger partial charge in [0, 0.05) is 0 Å². The summed E-state index contributed by atoms with van der Waals surface area (Å²) in [6.07, 6.45) is -0.175. The van der Waals surface area contributed by atoms with Crippen LogP contribution in [0.5, 0.6) is 5.75 Å². The number of benzene rings is 2. The Balaban J connectivity index is 1.66. The second-order valence-electron chi connectivity index (χ2n) is 6.00. The van der Waals surface area contributed by atoms with Gasteiger partial charge in [0.1, 0.15) is 24.6 Å². The first kappa shape index (κ1) is 15.7. The Labute approximate surface area is 136 Å². The standard InChI is InChI=1S/C19H20O4/c1-19(2)22-17(12-20)18(23-19)15-8-10-16(11-9-15)21-13-14-6-4-3-5-7-14/h3-12,17-18H,13H2,1-2H3/t17-,18-/m0/s1. The van der Waals surface area contributed by atoms with Crippen LogP contribution >= 0.6 is 0 Å². The number of ether oxygens (including phenoxy) is 3. The lowest BCUT2D eigenvalue weighted by Crippen LogP contribution is -2.21. The fourth-order valence-electron chi connectivity index (χ4n) is 2.64. The summed E-state index contributed by atoms with van der Waals surface area (Å²) in [4.78, 5) is 11.2. The van der Waals surface area contributed by atoms with Crippen molar-refractivity contribution in [1.29, 1.82) is 0 Å². The van der Waals surface area contributed by atoms with Crippen molar-refractivity contribution in [2.45, 2.75) is 38.4 Å². The van der Waals surface area contributed by atoms with Crippen molar-refractivity contribution in [3.8, 4) is 5.75 Å². The van der Waals surface area contributed by atoms with Gasteiger partial charge in [0.05, 0.1) is 0 Å². The van der Waals surface area contributed by atoms with Crippen LogP contribution in [0.4, 0.5) is 0 Å². The molecule has 0 aromatic heterocycles. The van der Waals surface area contributed by atoms with E-state index >= 15 is 0 Å². The average Bonchev–Trinajstić information content (AvgIpc) is 2.89. The molecule has 3 rings (SSSR count). The summed E-state index contributed by atoms with van der Waals surface area (Å²) < 4.78 is 17.2. The Morgan fingerprint density at radius 1 is 1.04 bits per heavy atom. The van der Waals surface area contributed by atoms with E-state index in [-0.39, 0.29) is 6.10 Å². The maximum atomic E-state index is 11.2. The van der Waals surface area contributed by atoms with Crippen LogP contribution in [-0.4, -0.2) is 18.2 Å². The van der Waals surface area contributed by atoms with Gasteiger partial charge >= 0.3 is 0 Å². The molecule has 0 spiro atoms. The molecule has 1 heterocycles. The molecule has 0 radical (unpaired) electrons. The van der Waals surface area contributed by atoms with Crippen LogP contribution in [0.15, 0.2) is 54.6 Å². The molecule has 0 saturated carbocycles. The summed E-state index contributed by atoms with van der Waals surface area (Å²) in [5.41, 5.74) is 2.02. The molecule has 2 aromatic carbocycles. The van der Waals surface area contributed by atoms with Crippen molar-refractivity contribution >= 4 is 6.29 Å². The van der Waals surface area contributed by atoms with E-state index in [4.69, 9.17) is 14.2 Å². The molecule has 1 aliphatic heterocycles. The van der Waals surface area contributed by atoms with Crippen LogP contribution in [0.25, 0.3) is 0 Å². The van der Waals surface area contributed by atoms with Gasteiger partial charge in [0.25, 0.3) is 0 Å². The highest BCUT2D eigenvalue weighted by Gasteiger charge is 2.41. The molecule has 23 heavy (non-hydrogen) atoms. The van der Waals surface area contributed by atoms with E-state index in [1.807, 2.05) is 54.6 Å². The van der Waals surface area contributed by atoms with Crippen LogP contribution in [0.2, 0.25) is 0 Å².